The maximum Gasteiger partial charge on any atom is 0.278 e. The summed E-state index contributed by atoms with van der Waals surface area (Å²) in [6, 6.07) is 3.91. The van der Waals surface area contributed by atoms with Crippen molar-refractivity contribution in [2.75, 3.05) is 0 Å². The van der Waals surface area contributed by atoms with Gasteiger partial charge in [0.1, 0.15) is 5.75 Å². The minimum absolute atomic E-state index is 0.0786. The number of Topliss-reactive ketones (excluding diaryl/α,β-unsaturated/α-hetero) is 1. The van der Waals surface area contributed by atoms with E-state index in [-0.39, 0.29) is 17.1 Å². The summed E-state index contributed by atoms with van der Waals surface area (Å²) in [7, 11) is 0. The van der Waals surface area contributed by atoms with Crippen LogP contribution >= 0.6 is 0 Å². The van der Waals surface area contributed by atoms with Crippen molar-refractivity contribution in [3.8, 4) is 5.75 Å². The number of phenols is 1. The van der Waals surface area contributed by atoms with E-state index in [1.807, 2.05) is 0 Å². The number of hydrogen-bond donors (Lipinski definition) is 3. The Balaban J connectivity index is 3.08. The van der Waals surface area contributed by atoms with Crippen molar-refractivity contribution in [1.82, 2.24) is 5.48 Å². The van der Waals surface area contributed by atoms with E-state index in [1.54, 1.807) is 6.92 Å². The van der Waals surface area contributed by atoms with Crippen LogP contribution in [0, 0.1) is 0 Å². The Morgan fingerprint density at radius 1 is 1.40 bits per heavy atom. The first-order valence-corrected chi connectivity index (χ1v) is 4.40. The van der Waals surface area contributed by atoms with Gasteiger partial charge in [-0.1, -0.05) is 13.0 Å². The molecule has 0 bridgehead atoms. The average molecular weight is 209 g/mol. The molecule has 3 N–H and O–H groups in total. The second-order valence-corrected chi connectivity index (χ2v) is 2.95. The summed E-state index contributed by atoms with van der Waals surface area (Å²) in [4.78, 5) is 22.2. The zero-order chi connectivity index (χ0) is 11.4. The van der Waals surface area contributed by atoms with E-state index in [2.05, 4.69) is 0 Å². The number of hydrogen-bond acceptors (Lipinski definition) is 4. The van der Waals surface area contributed by atoms with E-state index in [0.717, 1.165) is 0 Å². The van der Waals surface area contributed by atoms with Crippen LogP contribution in [0.1, 0.15) is 34.1 Å². The molecule has 1 aromatic rings. The summed E-state index contributed by atoms with van der Waals surface area (Å²) >= 11 is 0. The molecule has 0 fully saturated rings. The molecule has 80 valence electrons. The summed E-state index contributed by atoms with van der Waals surface area (Å²) in [5, 5.41) is 17.8. The Bertz CT molecular complexity index is 400. The standard InChI is InChI=1S/C10H11NO4/c1-2-8(12)6-3-4-7(9(13)5-6)10(14)11-15/h3-5,13,15H,2H2,1H3,(H,11,14). The molecule has 0 atom stereocenters. The maximum atomic E-state index is 11.3. The highest BCUT2D eigenvalue weighted by Gasteiger charge is 2.12. The van der Waals surface area contributed by atoms with Crippen LogP contribution in [0.2, 0.25) is 0 Å². The topological polar surface area (TPSA) is 86.6 Å². The van der Waals surface area contributed by atoms with Gasteiger partial charge < -0.3 is 5.11 Å². The lowest BCUT2D eigenvalue weighted by molar-refractivity contribution is 0.0703. The molecule has 1 aromatic carbocycles. The Labute approximate surface area is 86.3 Å². The predicted octanol–water partition coefficient (Wildman–Crippen LogP) is 1.10. The molecule has 0 radical (unpaired) electrons. The van der Waals surface area contributed by atoms with Crippen LogP contribution in [0.25, 0.3) is 0 Å². The number of rotatable bonds is 3. The normalized spacial score (nSPS) is 9.73. The number of nitrogens with one attached hydrogen (secondary N) is 1. The molecular formula is C10H11NO4. The number of carbonyl (C=O) groups is 2. The second kappa shape index (κ2) is 4.56. The average Bonchev–Trinajstić information content (AvgIpc) is 2.26. The largest absolute Gasteiger partial charge is 0.507 e. The summed E-state index contributed by atoms with van der Waals surface area (Å²) in [5.74, 6) is -1.27. The number of amides is 1. The maximum absolute atomic E-state index is 11.3. The second-order valence-electron chi connectivity index (χ2n) is 2.95. The lowest BCUT2D eigenvalue weighted by atomic mass is 10.1. The van der Waals surface area contributed by atoms with Gasteiger partial charge in [-0.15, -0.1) is 0 Å². The lowest BCUT2D eigenvalue weighted by Crippen LogP contribution is -2.18. The zero-order valence-electron chi connectivity index (χ0n) is 8.15. The minimum Gasteiger partial charge on any atom is -0.507 e. The lowest BCUT2D eigenvalue weighted by Gasteiger charge is -2.04. The molecule has 0 spiro atoms. The van der Waals surface area contributed by atoms with E-state index in [1.165, 1.54) is 23.7 Å². The van der Waals surface area contributed by atoms with Gasteiger partial charge in [0.25, 0.3) is 5.91 Å². The Morgan fingerprint density at radius 3 is 2.53 bits per heavy atom. The summed E-state index contributed by atoms with van der Waals surface area (Å²) in [6.45, 7) is 1.70. The zero-order valence-corrected chi connectivity index (χ0v) is 8.15. The summed E-state index contributed by atoms with van der Waals surface area (Å²) < 4.78 is 0. The van der Waals surface area contributed by atoms with Crippen molar-refractivity contribution < 1.29 is 19.9 Å². The van der Waals surface area contributed by atoms with Gasteiger partial charge in [0.05, 0.1) is 5.56 Å². The van der Waals surface area contributed by atoms with E-state index >= 15 is 0 Å². The molecule has 15 heavy (non-hydrogen) atoms. The molecule has 1 rings (SSSR count). The van der Waals surface area contributed by atoms with Crippen LogP contribution in [0.4, 0.5) is 0 Å². The fraction of sp³-hybridized carbons (Fsp3) is 0.200. The number of carbonyl (C=O) groups excluding carboxylic acids is 2. The highest BCUT2D eigenvalue weighted by molar-refractivity contribution is 6.00. The molecule has 5 nitrogen and oxygen atoms in total. The fourth-order valence-corrected chi connectivity index (χ4v) is 1.16. The van der Waals surface area contributed by atoms with Crippen molar-refractivity contribution >= 4 is 11.7 Å². The van der Waals surface area contributed by atoms with E-state index < -0.39 is 5.91 Å². The highest BCUT2D eigenvalue weighted by Crippen LogP contribution is 2.19. The van der Waals surface area contributed by atoms with Gasteiger partial charge in [0.15, 0.2) is 5.78 Å². The van der Waals surface area contributed by atoms with Crippen molar-refractivity contribution in [2.24, 2.45) is 0 Å². The van der Waals surface area contributed by atoms with Crippen LogP contribution < -0.4 is 5.48 Å². The van der Waals surface area contributed by atoms with Gasteiger partial charge in [-0.2, -0.15) is 0 Å². The molecule has 0 unspecified atom stereocenters. The van der Waals surface area contributed by atoms with Gasteiger partial charge in [-0.05, 0) is 12.1 Å². The van der Waals surface area contributed by atoms with Gasteiger partial charge in [0.2, 0.25) is 0 Å². The predicted molar refractivity (Wildman–Crippen MR) is 52.0 cm³/mol. The van der Waals surface area contributed by atoms with Crippen LogP contribution in [0.3, 0.4) is 0 Å². The molecule has 0 heterocycles. The van der Waals surface area contributed by atoms with Crippen molar-refractivity contribution in [1.29, 1.82) is 0 Å². The molecule has 5 heteroatoms. The van der Waals surface area contributed by atoms with Crippen LogP contribution in [-0.4, -0.2) is 22.0 Å². The smallest absolute Gasteiger partial charge is 0.278 e. The Hall–Kier alpha value is -1.88. The van der Waals surface area contributed by atoms with E-state index in [4.69, 9.17) is 5.21 Å². The Kier molecular flexibility index (Phi) is 3.41. The fourth-order valence-electron chi connectivity index (χ4n) is 1.16. The van der Waals surface area contributed by atoms with Gasteiger partial charge in [-0.3, -0.25) is 14.8 Å². The number of phenolic OH excluding ortho intramolecular Hbond substituents is 1. The molecule has 0 aliphatic heterocycles. The molecule has 0 saturated carbocycles. The number of benzene rings is 1. The molecule has 0 aliphatic rings. The third kappa shape index (κ3) is 2.32. The van der Waals surface area contributed by atoms with Crippen molar-refractivity contribution in [3.05, 3.63) is 29.3 Å². The third-order valence-electron chi connectivity index (χ3n) is 1.99. The molecule has 1 amide bonds. The van der Waals surface area contributed by atoms with Crippen LogP contribution in [0.15, 0.2) is 18.2 Å². The number of hydroxylamine groups is 1. The van der Waals surface area contributed by atoms with E-state index in [0.29, 0.717) is 12.0 Å². The molecule has 0 aliphatic carbocycles. The first-order chi connectivity index (χ1) is 7.10. The Morgan fingerprint density at radius 2 is 2.07 bits per heavy atom. The molecular weight excluding hydrogens is 198 g/mol. The van der Waals surface area contributed by atoms with Crippen LogP contribution in [0.5, 0.6) is 5.75 Å². The monoisotopic (exact) mass is 209 g/mol. The minimum atomic E-state index is -0.817. The van der Waals surface area contributed by atoms with Gasteiger partial charge in [0, 0.05) is 12.0 Å². The third-order valence-corrected chi connectivity index (χ3v) is 1.99. The summed E-state index contributed by atoms with van der Waals surface area (Å²) in [5.41, 5.74) is 1.66. The molecule has 0 saturated heterocycles. The quantitative estimate of drug-likeness (QED) is 0.395. The number of ketones is 1. The van der Waals surface area contributed by atoms with E-state index in [9.17, 15) is 14.7 Å². The highest BCUT2D eigenvalue weighted by atomic mass is 16.5. The molecule has 0 aromatic heterocycles. The SMILES string of the molecule is CCC(=O)c1ccc(C(=O)NO)c(O)c1. The number of aromatic hydroxyl groups is 1. The van der Waals surface area contributed by atoms with Crippen LogP contribution in [-0.2, 0) is 0 Å². The van der Waals surface area contributed by atoms with Crippen molar-refractivity contribution in [2.45, 2.75) is 13.3 Å². The first kappa shape index (κ1) is 11.2. The summed E-state index contributed by atoms with van der Waals surface area (Å²) in [6.07, 6.45) is 0.324. The van der Waals surface area contributed by atoms with Crippen molar-refractivity contribution in [3.63, 3.8) is 0 Å². The van der Waals surface area contributed by atoms with Gasteiger partial charge >= 0.3 is 0 Å². The van der Waals surface area contributed by atoms with Gasteiger partial charge in [-0.25, -0.2) is 5.48 Å². The first-order valence-electron chi connectivity index (χ1n) is 4.40.